The number of fused-ring (bicyclic) bond motifs is 2. The van der Waals surface area contributed by atoms with Gasteiger partial charge in [0.1, 0.15) is 24.4 Å². The number of rotatable bonds is 11. The largest absolute Gasteiger partial charge is 0.374 e. The van der Waals surface area contributed by atoms with E-state index >= 15 is 0 Å². The van der Waals surface area contributed by atoms with E-state index < -0.39 is 36.4 Å². The minimum Gasteiger partial charge on any atom is -0.374 e. The lowest BCUT2D eigenvalue weighted by Crippen LogP contribution is -2.38. The fourth-order valence-corrected chi connectivity index (χ4v) is 5.93. The summed E-state index contributed by atoms with van der Waals surface area (Å²) in [5.74, 6) is -1.53. The van der Waals surface area contributed by atoms with Crippen LogP contribution in [0.5, 0.6) is 0 Å². The summed E-state index contributed by atoms with van der Waals surface area (Å²) >= 11 is 0. The minimum atomic E-state index is -0.763. The molecule has 4 fully saturated rings. The van der Waals surface area contributed by atoms with Crippen LogP contribution < -0.4 is 0 Å². The molecule has 4 aliphatic heterocycles. The average Bonchev–Trinajstić information content (AvgIpc) is 3.73. The quantitative estimate of drug-likeness (QED) is 0.221. The highest BCUT2D eigenvalue weighted by Gasteiger charge is 2.56. The smallest absolute Gasteiger partial charge is 0.198 e. The highest BCUT2D eigenvalue weighted by atomic mass is 16.8. The molecule has 268 valence electrons. The summed E-state index contributed by atoms with van der Waals surface area (Å²) in [5, 5.41) is 0. The lowest BCUT2D eigenvalue weighted by molar-refractivity contribution is -0.225. The molecule has 0 aliphatic carbocycles. The fourth-order valence-electron chi connectivity index (χ4n) is 5.93. The summed E-state index contributed by atoms with van der Waals surface area (Å²) in [4.78, 5) is 12.1. The van der Waals surface area contributed by atoms with Crippen LogP contribution in [0.4, 0.5) is 0 Å². The third-order valence-electron chi connectivity index (χ3n) is 8.10. The molecule has 0 bridgehead atoms. The number of Topliss-reactive ketones (excluding diaryl/α,β-unsaturated/α-hetero) is 1. The van der Waals surface area contributed by atoms with Gasteiger partial charge in [0.2, 0.25) is 0 Å². The first-order chi connectivity index (χ1) is 22.7. The van der Waals surface area contributed by atoms with E-state index in [1.807, 2.05) is 105 Å². The average molecular weight is 681 g/mol. The van der Waals surface area contributed by atoms with Crippen molar-refractivity contribution in [3.8, 4) is 0 Å². The molecule has 0 amide bonds. The SMILES string of the molecule is C.C.CC1(C)O[C@H]2O[C@H](COCc3ccccc3)C(=O)[C@@H]2O1.CC1(C)O[C@H]2O[C@H](COCc3ccccc3)C(OCc3ccccc3)[C@@H]2O1. The van der Waals surface area contributed by atoms with Crippen LogP contribution in [0.1, 0.15) is 59.2 Å². The van der Waals surface area contributed by atoms with Crippen molar-refractivity contribution in [1.82, 2.24) is 0 Å². The Labute approximate surface area is 290 Å². The maximum Gasteiger partial charge on any atom is 0.198 e. The first-order valence-electron chi connectivity index (χ1n) is 16.1. The Morgan fingerprint density at radius 3 is 1.63 bits per heavy atom. The molecule has 4 saturated heterocycles. The van der Waals surface area contributed by atoms with Gasteiger partial charge in [0.05, 0.1) is 33.0 Å². The molecule has 0 spiro atoms. The predicted molar refractivity (Wildman–Crippen MR) is 183 cm³/mol. The molecule has 1 unspecified atom stereocenters. The lowest BCUT2D eigenvalue weighted by Gasteiger charge is -2.26. The van der Waals surface area contributed by atoms with E-state index in [0.29, 0.717) is 26.4 Å². The van der Waals surface area contributed by atoms with Crippen molar-refractivity contribution in [2.75, 3.05) is 13.2 Å². The van der Waals surface area contributed by atoms with Crippen molar-refractivity contribution < 1.29 is 47.4 Å². The first kappa shape index (κ1) is 38.8. The number of ketones is 1. The molecule has 7 rings (SSSR count). The zero-order valence-electron chi connectivity index (χ0n) is 27.3. The Morgan fingerprint density at radius 2 is 1.08 bits per heavy atom. The van der Waals surface area contributed by atoms with E-state index in [1.165, 1.54) is 0 Å². The molecule has 0 radical (unpaired) electrons. The number of hydrogen-bond donors (Lipinski definition) is 0. The zero-order chi connectivity index (χ0) is 32.9. The molecule has 49 heavy (non-hydrogen) atoms. The molecule has 4 aliphatic rings. The Bertz CT molecular complexity index is 1420. The topological polar surface area (TPSA) is 100 Å². The lowest BCUT2D eigenvalue weighted by atomic mass is 10.1. The van der Waals surface area contributed by atoms with E-state index in [1.54, 1.807) is 13.8 Å². The number of ether oxygens (including phenoxy) is 9. The van der Waals surface area contributed by atoms with E-state index in [4.69, 9.17) is 42.6 Å². The molecule has 7 atom stereocenters. The van der Waals surface area contributed by atoms with Crippen LogP contribution in [0, 0.1) is 0 Å². The van der Waals surface area contributed by atoms with Crippen molar-refractivity contribution in [2.45, 2.75) is 117 Å². The number of carbonyl (C=O) groups is 1. The van der Waals surface area contributed by atoms with Gasteiger partial charge in [-0.2, -0.15) is 0 Å². The Hall–Kier alpha value is -3.03. The van der Waals surface area contributed by atoms with Crippen LogP contribution >= 0.6 is 0 Å². The van der Waals surface area contributed by atoms with Crippen molar-refractivity contribution in [2.24, 2.45) is 0 Å². The van der Waals surface area contributed by atoms with Crippen molar-refractivity contribution in [3.63, 3.8) is 0 Å². The second-order valence-corrected chi connectivity index (χ2v) is 12.9. The van der Waals surface area contributed by atoms with Crippen molar-refractivity contribution >= 4 is 5.78 Å². The summed E-state index contributed by atoms with van der Waals surface area (Å²) in [7, 11) is 0. The van der Waals surface area contributed by atoms with Crippen LogP contribution in [-0.4, -0.2) is 73.7 Å². The Kier molecular flexibility index (Phi) is 13.7. The summed E-state index contributed by atoms with van der Waals surface area (Å²) < 4.78 is 52.2. The first-order valence-corrected chi connectivity index (χ1v) is 16.1. The van der Waals surface area contributed by atoms with Gasteiger partial charge in [0.25, 0.3) is 0 Å². The molecule has 10 nitrogen and oxygen atoms in total. The van der Waals surface area contributed by atoms with Gasteiger partial charge in [-0.05, 0) is 44.4 Å². The molecule has 3 aromatic rings. The van der Waals surface area contributed by atoms with Gasteiger partial charge in [0, 0.05) is 0 Å². The summed E-state index contributed by atoms with van der Waals surface area (Å²) in [6, 6.07) is 30.0. The monoisotopic (exact) mass is 680 g/mol. The molecule has 3 aromatic carbocycles. The Balaban J connectivity index is 0.000000221. The van der Waals surface area contributed by atoms with Crippen LogP contribution in [0.15, 0.2) is 91.0 Å². The Morgan fingerprint density at radius 1 is 0.592 bits per heavy atom. The maximum absolute atomic E-state index is 12.1. The maximum atomic E-state index is 12.1. The molecular formula is C39H52O10. The molecule has 0 N–H and O–H groups in total. The number of hydrogen-bond acceptors (Lipinski definition) is 10. The normalized spacial score (nSPS) is 28.8. The highest BCUT2D eigenvalue weighted by Crippen LogP contribution is 2.39. The third-order valence-corrected chi connectivity index (χ3v) is 8.10. The number of carbonyl (C=O) groups excluding carboxylic acids is 1. The van der Waals surface area contributed by atoms with Gasteiger partial charge in [-0.1, -0.05) is 106 Å². The van der Waals surface area contributed by atoms with Gasteiger partial charge < -0.3 is 42.6 Å². The number of benzene rings is 3. The second-order valence-electron chi connectivity index (χ2n) is 12.9. The predicted octanol–water partition coefficient (Wildman–Crippen LogP) is 6.59. The fraction of sp³-hybridized carbons (Fsp3) is 0.513. The van der Waals surface area contributed by atoms with Crippen molar-refractivity contribution in [3.05, 3.63) is 108 Å². The molecule has 4 heterocycles. The van der Waals surface area contributed by atoms with Gasteiger partial charge in [-0.3, -0.25) is 4.79 Å². The van der Waals surface area contributed by atoms with Gasteiger partial charge in [0.15, 0.2) is 36.0 Å². The van der Waals surface area contributed by atoms with Crippen LogP contribution in [-0.2, 0) is 67.2 Å². The molecule has 0 aromatic heterocycles. The second kappa shape index (κ2) is 17.3. The summed E-state index contributed by atoms with van der Waals surface area (Å²) in [5.41, 5.74) is 3.31. The molecular weight excluding hydrogens is 628 g/mol. The van der Waals surface area contributed by atoms with Gasteiger partial charge in [-0.25, -0.2) is 0 Å². The van der Waals surface area contributed by atoms with E-state index in [2.05, 4.69) is 0 Å². The molecule has 0 saturated carbocycles. The van der Waals surface area contributed by atoms with Gasteiger partial charge >= 0.3 is 0 Å². The van der Waals surface area contributed by atoms with Gasteiger partial charge in [-0.15, -0.1) is 0 Å². The highest BCUT2D eigenvalue weighted by molar-refractivity contribution is 5.90. The summed E-state index contributed by atoms with van der Waals surface area (Å²) in [6.07, 6.45) is -3.00. The molecule has 10 heteroatoms. The van der Waals surface area contributed by atoms with E-state index in [-0.39, 0.29) is 45.6 Å². The van der Waals surface area contributed by atoms with E-state index in [9.17, 15) is 4.79 Å². The zero-order valence-corrected chi connectivity index (χ0v) is 27.3. The van der Waals surface area contributed by atoms with Crippen LogP contribution in [0.25, 0.3) is 0 Å². The summed E-state index contributed by atoms with van der Waals surface area (Å²) in [6.45, 7) is 9.45. The van der Waals surface area contributed by atoms with Crippen molar-refractivity contribution in [1.29, 1.82) is 0 Å². The van der Waals surface area contributed by atoms with Crippen LogP contribution in [0.3, 0.4) is 0 Å². The minimum absolute atomic E-state index is 0. The van der Waals surface area contributed by atoms with E-state index in [0.717, 1.165) is 16.7 Å². The third kappa shape index (κ3) is 10.3. The standard InChI is InChI=1S/C22H26O5.C15H18O5.2CH4/c1-22(2)26-20-19(24-14-17-11-7-4-8-12-17)18(25-21(20)27-22)15-23-13-16-9-5-3-6-10-16;1-15(2)19-13-12(16)11(18-14(13)20-15)9-17-8-10-6-4-3-5-7-10;;/h3-12,18-21H,13-15H2,1-2H3;3-7,11,13-14H,8-9H2,1-2H3;2*1H4/t18-,19?,20+,21-;11-,13+,14-;;/m11../s1. The van der Waals surface area contributed by atoms with Crippen LogP contribution in [0.2, 0.25) is 0 Å².